The van der Waals surface area contributed by atoms with Crippen LogP contribution in [0.15, 0.2) is 23.7 Å². The molecular formula is C16H20N2O2S. The van der Waals surface area contributed by atoms with E-state index in [0.717, 1.165) is 16.3 Å². The summed E-state index contributed by atoms with van der Waals surface area (Å²) >= 11 is 1.55. The van der Waals surface area contributed by atoms with Gasteiger partial charge in [-0.2, -0.15) is 0 Å². The van der Waals surface area contributed by atoms with Gasteiger partial charge in [-0.25, -0.2) is 9.97 Å². The van der Waals surface area contributed by atoms with E-state index in [9.17, 15) is 4.79 Å². The third kappa shape index (κ3) is 4.36. The first-order valence-corrected chi connectivity index (χ1v) is 7.72. The molecule has 0 unspecified atom stereocenters. The van der Waals surface area contributed by atoms with Crippen molar-refractivity contribution in [1.82, 2.24) is 9.97 Å². The van der Waals surface area contributed by atoms with Crippen LogP contribution in [0.1, 0.15) is 37.0 Å². The molecule has 2 aromatic heterocycles. The number of rotatable bonds is 5. The smallest absolute Gasteiger partial charge is 0.212 e. The fraction of sp³-hybridized carbons (Fsp3) is 0.438. The van der Waals surface area contributed by atoms with Gasteiger partial charge in [0.25, 0.3) is 0 Å². The van der Waals surface area contributed by atoms with Crippen LogP contribution in [0.5, 0.6) is 5.88 Å². The first-order chi connectivity index (χ1) is 9.88. The summed E-state index contributed by atoms with van der Waals surface area (Å²) in [4.78, 5) is 20.8. The van der Waals surface area contributed by atoms with Crippen molar-refractivity contribution in [2.45, 2.75) is 39.0 Å². The standard InChI is InChI=1S/C16H20N2O2S/c1-16(2,3)13-10-21-15(18-13)8-12(19)7-11-5-6-14(20-4)17-9-11/h5-6,9-10H,7-8H2,1-4H3. The average molecular weight is 304 g/mol. The summed E-state index contributed by atoms with van der Waals surface area (Å²) in [5.74, 6) is 0.706. The number of hydrogen-bond acceptors (Lipinski definition) is 5. The highest BCUT2D eigenvalue weighted by atomic mass is 32.1. The molecule has 0 N–H and O–H groups in total. The van der Waals surface area contributed by atoms with E-state index >= 15 is 0 Å². The van der Waals surface area contributed by atoms with Gasteiger partial charge in [-0.15, -0.1) is 11.3 Å². The molecule has 2 rings (SSSR count). The van der Waals surface area contributed by atoms with E-state index in [1.54, 1.807) is 30.7 Å². The van der Waals surface area contributed by atoms with Crippen LogP contribution in [0.25, 0.3) is 0 Å². The Bertz CT molecular complexity index is 612. The van der Waals surface area contributed by atoms with E-state index < -0.39 is 0 Å². The van der Waals surface area contributed by atoms with E-state index in [0.29, 0.717) is 18.7 Å². The topological polar surface area (TPSA) is 52.1 Å². The summed E-state index contributed by atoms with van der Waals surface area (Å²) in [6.45, 7) is 6.37. The van der Waals surface area contributed by atoms with Crippen molar-refractivity contribution in [3.63, 3.8) is 0 Å². The van der Waals surface area contributed by atoms with Crippen LogP contribution >= 0.6 is 11.3 Å². The number of Topliss-reactive ketones (excluding diaryl/α,β-unsaturated/α-hetero) is 1. The lowest BCUT2D eigenvalue weighted by Crippen LogP contribution is -2.12. The molecule has 0 aliphatic rings. The molecule has 0 aromatic carbocycles. The van der Waals surface area contributed by atoms with Gasteiger partial charge in [0.2, 0.25) is 5.88 Å². The lowest BCUT2D eigenvalue weighted by molar-refractivity contribution is -0.117. The molecule has 4 nitrogen and oxygen atoms in total. The van der Waals surface area contributed by atoms with Crippen LogP contribution in [-0.2, 0) is 23.1 Å². The summed E-state index contributed by atoms with van der Waals surface area (Å²) in [6, 6.07) is 3.63. The maximum atomic E-state index is 12.1. The Morgan fingerprint density at radius 3 is 2.57 bits per heavy atom. The second kappa shape index (κ2) is 6.35. The molecule has 0 atom stereocenters. The number of carbonyl (C=O) groups excluding carboxylic acids is 1. The maximum absolute atomic E-state index is 12.1. The van der Waals surface area contributed by atoms with Crippen molar-refractivity contribution < 1.29 is 9.53 Å². The number of carbonyl (C=O) groups is 1. The van der Waals surface area contributed by atoms with Crippen LogP contribution in [0.2, 0.25) is 0 Å². The highest BCUT2D eigenvalue weighted by Gasteiger charge is 2.18. The van der Waals surface area contributed by atoms with Crippen LogP contribution < -0.4 is 4.74 Å². The van der Waals surface area contributed by atoms with Crippen molar-refractivity contribution in [3.05, 3.63) is 40.0 Å². The molecule has 0 bridgehead atoms. The van der Waals surface area contributed by atoms with Gasteiger partial charge in [0.1, 0.15) is 10.8 Å². The Labute approximate surface area is 129 Å². The minimum atomic E-state index is 0.0255. The monoisotopic (exact) mass is 304 g/mol. The third-order valence-corrected chi connectivity index (χ3v) is 3.93. The highest BCUT2D eigenvalue weighted by molar-refractivity contribution is 7.09. The molecule has 0 aliphatic heterocycles. The number of pyridine rings is 1. The fourth-order valence-electron chi connectivity index (χ4n) is 1.83. The predicted molar refractivity (Wildman–Crippen MR) is 84.0 cm³/mol. The molecule has 0 saturated heterocycles. The third-order valence-electron chi connectivity index (χ3n) is 3.08. The van der Waals surface area contributed by atoms with Crippen LogP contribution in [0.3, 0.4) is 0 Å². The van der Waals surface area contributed by atoms with E-state index in [4.69, 9.17) is 4.74 Å². The van der Waals surface area contributed by atoms with Crippen molar-refractivity contribution in [2.75, 3.05) is 7.11 Å². The van der Waals surface area contributed by atoms with Crippen molar-refractivity contribution in [1.29, 1.82) is 0 Å². The second-order valence-corrected chi connectivity index (χ2v) is 6.92. The normalized spacial score (nSPS) is 11.4. The number of methoxy groups -OCH3 is 1. The zero-order valence-electron chi connectivity index (χ0n) is 12.8. The van der Waals surface area contributed by atoms with E-state index in [2.05, 4.69) is 30.7 Å². The van der Waals surface area contributed by atoms with Crippen molar-refractivity contribution in [2.24, 2.45) is 0 Å². The van der Waals surface area contributed by atoms with Crippen molar-refractivity contribution >= 4 is 17.1 Å². The maximum Gasteiger partial charge on any atom is 0.212 e. The summed E-state index contributed by atoms with van der Waals surface area (Å²) in [7, 11) is 1.57. The minimum Gasteiger partial charge on any atom is -0.481 e. The van der Waals surface area contributed by atoms with Gasteiger partial charge in [-0.3, -0.25) is 4.79 Å². The Balaban J connectivity index is 1.96. The molecule has 2 heterocycles. The van der Waals surface area contributed by atoms with Gasteiger partial charge in [0.15, 0.2) is 0 Å². The average Bonchev–Trinajstić information content (AvgIpc) is 2.88. The molecule has 112 valence electrons. The summed E-state index contributed by atoms with van der Waals surface area (Å²) in [5, 5.41) is 2.92. The Morgan fingerprint density at radius 2 is 2.05 bits per heavy atom. The van der Waals surface area contributed by atoms with Crippen LogP contribution in [-0.4, -0.2) is 22.9 Å². The summed E-state index contributed by atoms with van der Waals surface area (Å²) < 4.78 is 5.00. The lowest BCUT2D eigenvalue weighted by atomic mass is 9.93. The minimum absolute atomic E-state index is 0.0255. The number of nitrogens with zero attached hydrogens (tertiary/aromatic N) is 2. The molecule has 0 radical (unpaired) electrons. The summed E-state index contributed by atoms with van der Waals surface area (Å²) in [5.41, 5.74) is 1.97. The van der Waals surface area contributed by atoms with Crippen LogP contribution in [0, 0.1) is 0 Å². The highest BCUT2D eigenvalue weighted by Crippen LogP contribution is 2.24. The quantitative estimate of drug-likeness (QED) is 0.851. The SMILES string of the molecule is COc1ccc(CC(=O)Cc2nc(C(C)(C)C)cs2)cn1. The fourth-order valence-corrected chi connectivity index (χ4v) is 2.88. The van der Waals surface area contributed by atoms with Gasteiger partial charge < -0.3 is 4.74 Å². The number of ketones is 1. The predicted octanol–water partition coefficient (Wildman–Crippen LogP) is 3.20. The molecule has 0 spiro atoms. The lowest BCUT2D eigenvalue weighted by Gasteiger charge is -2.14. The number of ether oxygens (including phenoxy) is 1. The Morgan fingerprint density at radius 1 is 1.29 bits per heavy atom. The Hall–Kier alpha value is -1.75. The van der Waals surface area contributed by atoms with Gasteiger partial charge >= 0.3 is 0 Å². The van der Waals surface area contributed by atoms with Gasteiger partial charge in [0, 0.05) is 29.5 Å². The largest absolute Gasteiger partial charge is 0.481 e. The second-order valence-electron chi connectivity index (χ2n) is 5.98. The van der Waals surface area contributed by atoms with E-state index in [-0.39, 0.29) is 11.2 Å². The Kier molecular flexibility index (Phi) is 4.73. The number of thiazole rings is 1. The van der Waals surface area contributed by atoms with Crippen molar-refractivity contribution in [3.8, 4) is 5.88 Å². The number of aromatic nitrogens is 2. The number of hydrogen-bond donors (Lipinski definition) is 0. The zero-order valence-corrected chi connectivity index (χ0v) is 13.7. The van der Waals surface area contributed by atoms with Gasteiger partial charge in [-0.05, 0) is 5.56 Å². The zero-order chi connectivity index (χ0) is 15.5. The molecule has 0 aliphatic carbocycles. The molecule has 0 saturated carbocycles. The molecule has 21 heavy (non-hydrogen) atoms. The molecule has 0 amide bonds. The van der Waals surface area contributed by atoms with Gasteiger partial charge in [0.05, 0.1) is 19.2 Å². The molecular weight excluding hydrogens is 284 g/mol. The van der Waals surface area contributed by atoms with Gasteiger partial charge in [-0.1, -0.05) is 26.8 Å². The first-order valence-electron chi connectivity index (χ1n) is 6.84. The summed E-state index contributed by atoms with van der Waals surface area (Å²) in [6.07, 6.45) is 2.44. The van der Waals surface area contributed by atoms with E-state index in [1.165, 1.54) is 0 Å². The first kappa shape index (κ1) is 15.6. The van der Waals surface area contributed by atoms with Crippen LogP contribution in [0.4, 0.5) is 0 Å². The molecule has 2 aromatic rings. The van der Waals surface area contributed by atoms with E-state index in [1.807, 2.05) is 11.4 Å². The molecule has 0 fully saturated rings. The molecule has 5 heteroatoms.